The number of benzene rings is 1. The number of carbonyl (C=O) groups is 2. The Labute approximate surface area is 282 Å². The number of sulfonamides is 1. The van der Waals surface area contributed by atoms with Crippen molar-refractivity contribution in [2.45, 2.75) is 108 Å². The maximum absolute atomic E-state index is 13.8. The molecule has 0 bridgehead atoms. The van der Waals surface area contributed by atoms with Gasteiger partial charge >= 0.3 is 0 Å². The van der Waals surface area contributed by atoms with Crippen molar-refractivity contribution in [1.29, 1.82) is 0 Å². The Hall–Kier alpha value is -2.93. The zero-order valence-corrected chi connectivity index (χ0v) is 29.0. The van der Waals surface area contributed by atoms with Crippen LogP contribution in [-0.2, 0) is 26.0 Å². The third-order valence-corrected chi connectivity index (χ3v) is 10.8. The van der Waals surface area contributed by atoms with Crippen LogP contribution in [0.2, 0.25) is 0 Å². The summed E-state index contributed by atoms with van der Waals surface area (Å²) in [6.07, 6.45) is 16.5. The monoisotopic (exact) mass is 672 g/mol. The lowest BCUT2D eigenvalue weighted by Gasteiger charge is -2.33. The second kappa shape index (κ2) is 21.8. The molecule has 2 amide bonds. The number of aliphatic hydroxyl groups excluding tert-OH is 2. The smallest absolute Gasteiger partial charge is 0.243 e. The highest BCUT2D eigenvalue weighted by Gasteiger charge is 2.34. The zero-order chi connectivity index (χ0) is 34.7. The SMILES string of the molecule is C#CCCC[C@H](O)[C@H](O)[C@H](CC1CCCCC1)NC(=O)[C@H](CC#C)NC(=O)[C@@H](Cc1ccccc1)CS(=O)(=O)N(C)CCNCCC. The van der Waals surface area contributed by atoms with E-state index in [1.165, 1.54) is 11.4 Å². The summed E-state index contributed by atoms with van der Waals surface area (Å²) < 4.78 is 28.0. The first-order valence-electron chi connectivity index (χ1n) is 17.0. The van der Waals surface area contributed by atoms with Crippen LogP contribution in [0.1, 0.15) is 83.1 Å². The predicted molar refractivity (Wildman–Crippen MR) is 186 cm³/mol. The normalized spacial score (nSPS) is 17.1. The number of unbranched alkanes of at least 4 members (excludes halogenated alkanes) is 1. The fourth-order valence-corrected chi connectivity index (χ4v) is 7.40. The predicted octanol–water partition coefficient (Wildman–Crippen LogP) is 2.60. The van der Waals surface area contributed by atoms with E-state index in [2.05, 4.69) is 27.8 Å². The summed E-state index contributed by atoms with van der Waals surface area (Å²) in [5.41, 5.74) is 0.780. The molecular formula is C36H56N4O6S. The number of likely N-dealkylation sites (N-methyl/N-ethyl adjacent to an activating group) is 1. The van der Waals surface area contributed by atoms with E-state index in [-0.39, 0.29) is 31.7 Å². The lowest BCUT2D eigenvalue weighted by Crippen LogP contribution is -2.56. The molecule has 47 heavy (non-hydrogen) atoms. The Balaban J connectivity index is 2.24. The van der Waals surface area contributed by atoms with Crippen molar-refractivity contribution in [1.82, 2.24) is 20.3 Å². The average molecular weight is 673 g/mol. The highest BCUT2D eigenvalue weighted by molar-refractivity contribution is 7.89. The van der Waals surface area contributed by atoms with Crippen LogP contribution in [0, 0.1) is 36.5 Å². The Morgan fingerprint density at radius 1 is 1.02 bits per heavy atom. The lowest BCUT2D eigenvalue weighted by molar-refractivity contribution is -0.132. The van der Waals surface area contributed by atoms with Gasteiger partial charge in [-0.05, 0) is 50.1 Å². The van der Waals surface area contributed by atoms with Crippen molar-refractivity contribution in [3.63, 3.8) is 0 Å². The van der Waals surface area contributed by atoms with Gasteiger partial charge in [0.15, 0.2) is 0 Å². The van der Waals surface area contributed by atoms with Gasteiger partial charge in [0.25, 0.3) is 0 Å². The fraction of sp³-hybridized carbons (Fsp3) is 0.667. The van der Waals surface area contributed by atoms with E-state index in [0.29, 0.717) is 25.8 Å². The second-order valence-corrected chi connectivity index (χ2v) is 14.8. The number of terminal acetylenes is 2. The Kier molecular flexibility index (Phi) is 18.7. The van der Waals surface area contributed by atoms with Crippen LogP contribution in [0.15, 0.2) is 30.3 Å². The number of hydrogen-bond donors (Lipinski definition) is 5. The molecule has 10 nitrogen and oxygen atoms in total. The minimum atomic E-state index is -3.83. The third kappa shape index (κ3) is 14.8. The number of amides is 2. The molecule has 0 spiro atoms. The van der Waals surface area contributed by atoms with Crippen molar-refractivity contribution in [2.75, 3.05) is 32.4 Å². The van der Waals surface area contributed by atoms with Crippen LogP contribution >= 0.6 is 0 Å². The summed E-state index contributed by atoms with van der Waals surface area (Å²) in [5.74, 6) is 2.60. The summed E-state index contributed by atoms with van der Waals surface area (Å²) >= 11 is 0. The van der Waals surface area contributed by atoms with Gasteiger partial charge in [-0.3, -0.25) is 9.59 Å². The lowest BCUT2D eigenvalue weighted by atomic mass is 9.82. The van der Waals surface area contributed by atoms with Crippen molar-refractivity contribution >= 4 is 21.8 Å². The van der Waals surface area contributed by atoms with Crippen LogP contribution in [-0.4, -0.2) is 91.5 Å². The first-order chi connectivity index (χ1) is 22.5. The summed E-state index contributed by atoms with van der Waals surface area (Å²) in [7, 11) is -2.33. The van der Waals surface area contributed by atoms with Gasteiger partial charge in [-0.15, -0.1) is 24.7 Å². The van der Waals surface area contributed by atoms with Crippen LogP contribution in [0.3, 0.4) is 0 Å². The van der Waals surface area contributed by atoms with E-state index in [0.717, 1.165) is 50.6 Å². The maximum Gasteiger partial charge on any atom is 0.243 e. The molecule has 0 aliphatic heterocycles. The van der Waals surface area contributed by atoms with Gasteiger partial charge in [0, 0.05) is 33.0 Å². The van der Waals surface area contributed by atoms with Gasteiger partial charge in [-0.2, -0.15) is 0 Å². The fourth-order valence-electron chi connectivity index (χ4n) is 6.00. The molecule has 1 saturated carbocycles. The first kappa shape index (κ1) is 40.2. The molecule has 11 heteroatoms. The highest BCUT2D eigenvalue weighted by atomic mass is 32.2. The maximum atomic E-state index is 13.8. The van der Waals surface area contributed by atoms with E-state index >= 15 is 0 Å². The molecule has 0 saturated heterocycles. The number of nitrogens with zero attached hydrogens (tertiary/aromatic N) is 1. The molecule has 0 radical (unpaired) electrons. The standard InChI is InChI=1S/C36H56N4O6S/c1-5-8-11-21-33(41)34(42)32(26-29-19-14-10-15-20-29)39-36(44)31(16-6-2)38-35(43)30(25-28-17-12-9-13-18-28)27-47(45,46)40(4)24-23-37-22-7-3/h1-2,9,12-13,17-18,29-34,37,41-42H,7-8,10-11,14-16,19-27H2,3-4H3,(H,38,43)(H,39,44)/t30-,31-,32-,33-,34+/m0/s1. The van der Waals surface area contributed by atoms with Gasteiger partial charge in [-0.1, -0.05) is 69.4 Å². The number of rotatable bonds is 22. The summed E-state index contributed by atoms with van der Waals surface area (Å²) in [4.78, 5) is 27.4. The van der Waals surface area contributed by atoms with Crippen LogP contribution in [0.4, 0.5) is 0 Å². The molecule has 0 heterocycles. The number of aliphatic hydroxyl groups is 2. The summed E-state index contributed by atoms with van der Waals surface area (Å²) in [5, 5.41) is 30.7. The van der Waals surface area contributed by atoms with Gasteiger partial charge in [0.05, 0.1) is 29.9 Å². The van der Waals surface area contributed by atoms with E-state index in [1.54, 1.807) is 0 Å². The number of nitrogens with one attached hydrogen (secondary N) is 3. The van der Waals surface area contributed by atoms with Crippen LogP contribution < -0.4 is 16.0 Å². The van der Waals surface area contributed by atoms with Crippen molar-refractivity contribution < 1.29 is 28.2 Å². The highest BCUT2D eigenvalue weighted by Crippen LogP contribution is 2.29. The van der Waals surface area contributed by atoms with E-state index in [1.807, 2.05) is 37.3 Å². The van der Waals surface area contributed by atoms with E-state index in [9.17, 15) is 28.2 Å². The van der Waals surface area contributed by atoms with E-state index in [4.69, 9.17) is 12.8 Å². The number of carbonyl (C=O) groups excluding carboxylic acids is 2. The van der Waals surface area contributed by atoms with Crippen LogP contribution in [0.25, 0.3) is 0 Å². The average Bonchev–Trinajstić information content (AvgIpc) is 3.06. The summed E-state index contributed by atoms with van der Waals surface area (Å²) in [6.45, 7) is 3.54. The van der Waals surface area contributed by atoms with Gasteiger partial charge < -0.3 is 26.2 Å². The van der Waals surface area contributed by atoms with Crippen molar-refractivity contribution in [3.05, 3.63) is 35.9 Å². The molecule has 1 aromatic carbocycles. The minimum absolute atomic E-state index is 0.137. The molecule has 1 fully saturated rings. The molecule has 1 aromatic rings. The molecule has 0 unspecified atom stereocenters. The molecule has 262 valence electrons. The summed E-state index contributed by atoms with van der Waals surface area (Å²) in [6, 6.07) is 7.19. The molecule has 1 aliphatic rings. The van der Waals surface area contributed by atoms with Crippen molar-refractivity contribution in [2.24, 2.45) is 11.8 Å². The zero-order valence-electron chi connectivity index (χ0n) is 28.2. The minimum Gasteiger partial charge on any atom is -0.390 e. The topological polar surface area (TPSA) is 148 Å². The third-order valence-electron chi connectivity index (χ3n) is 8.83. The molecular weight excluding hydrogens is 616 g/mol. The van der Waals surface area contributed by atoms with Crippen LogP contribution in [0.5, 0.6) is 0 Å². The van der Waals surface area contributed by atoms with Gasteiger partial charge in [-0.25, -0.2) is 12.7 Å². The molecule has 2 rings (SSSR count). The molecule has 5 atom stereocenters. The van der Waals surface area contributed by atoms with Gasteiger partial charge in [0.1, 0.15) is 6.04 Å². The largest absolute Gasteiger partial charge is 0.390 e. The molecule has 0 aromatic heterocycles. The molecule has 1 aliphatic carbocycles. The van der Waals surface area contributed by atoms with Gasteiger partial charge in [0.2, 0.25) is 21.8 Å². The van der Waals surface area contributed by atoms with E-state index < -0.39 is 57.8 Å². The molecule has 5 N–H and O–H groups in total. The Morgan fingerprint density at radius 3 is 2.36 bits per heavy atom. The second-order valence-electron chi connectivity index (χ2n) is 12.7. The Morgan fingerprint density at radius 2 is 1.72 bits per heavy atom. The quantitative estimate of drug-likeness (QED) is 0.0940. The van der Waals surface area contributed by atoms with Crippen molar-refractivity contribution in [3.8, 4) is 24.7 Å². The Bertz CT molecular complexity index is 1260. The number of hydrogen-bond acceptors (Lipinski definition) is 7. The first-order valence-corrected chi connectivity index (χ1v) is 18.7.